The lowest BCUT2D eigenvalue weighted by atomic mass is 9.96. The van der Waals surface area contributed by atoms with E-state index in [2.05, 4.69) is 0 Å². The second-order valence-corrected chi connectivity index (χ2v) is 13.5. The maximum Gasteiger partial charge on any atom is 0.410 e. The highest BCUT2D eigenvalue weighted by Gasteiger charge is 2.32. The quantitative estimate of drug-likeness (QED) is 0.468. The van der Waals surface area contributed by atoms with E-state index in [-0.39, 0.29) is 17.0 Å². The summed E-state index contributed by atoms with van der Waals surface area (Å²) in [5.74, 6) is 0.330. The zero-order chi connectivity index (χ0) is 27.7. The lowest BCUT2D eigenvalue weighted by molar-refractivity contribution is 0.0173. The molecule has 2 heterocycles. The molecular weight excluding hydrogens is 526 g/mol. The number of carbonyl (C=O) groups excluding carboxylic acids is 2. The van der Waals surface area contributed by atoms with Crippen LogP contribution in [0.4, 0.5) is 15.3 Å². The molecule has 4 rings (SSSR count). The van der Waals surface area contributed by atoms with Gasteiger partial charge in [0, 0.05) is 55.3 Å². The van der Waals surface area contributed by atoms with Crippen LogP contribution in [-0.2, 0) is 14.6 Å². The largest absolute Gasteiger partial charge is 0.444 e. The Morgan fingerprint density at radius 2 is 1.76 bits per heavy atom. The van der Waals surface area contributed by atoms with Gasteiger partial charge in [-0.25, -0.2) is 18.0 Å². The molecule has 10 heteroatoms. The molecule has 0 unspecified atom stereocenters. The predicted octanol–water partition coefficient (Wildman–Crippen LogP) is 5.69. The van der Waals surface area contributed by atoms with Gasteiger partial charge in [0.15, 0.2) is 9.84 Å². The van der Waals surface area contributed by atoms with Gasteiger partial charge in [-0.1, -0.05) is 29.8 Å². The van der Waals surface area contributed by atoms with Gasteiger partial charge in [-0.2, -0.15) is 0 Å². The number of ether oxygens (including phenoxy) is 1. The van der Waals surface area contributed by atoms with E-state index < -0.39 is 15.4 Å². The first-order valence-corrected chi connectivity index (χ1v) is 15.2. The average Bonchev–Trinajstić information content (AvgIpc) is 2.84. The Hall–Kier alpha value is -2.78. The number of nitrogens with zero attached hydrogens (tertiary/aromatic N) is 3. The van der Waals surface area contributed by atoms with Crippen molar-refractivity contribution in [2.75, 3.05) is 43.9 Å². The fraction of sp³-hybridized carbons (Fsp3) is 0.500. The van der Waals surface area contributed by atoms with Crippen LogP contribution in [0.3, 0.4) is 0 Å². The summed E-state index contributed by atoms with van der Waals surface area (Å²) >= 11 is 6.44. The molecule has 0 aromatic heterocycles. The van der Waals surface area contributed by atoms with Crippen LogP contribution in [0, 0.1) is 5.92 Å². The number of piperidine rings is 1. The van der Waals surface area contributed by atoms with E-state index in [1.54, 1.807) is 21.9 Å². The summed E-state index contributed by atoms with van der Waals surface area (Å²) in [5, 5.41) is 0.342. The number of carbonyl (C=O) groups is 2. The van der Waals surface area contributed by atoms with Crippen molar-refractivity contribution in [1.82, 2.24) is 9.80 Å². The maximum absolute atomic E-state index is 13.5. The summed E-state index contributed by atoms with van der Waals surface area (Å²) in [4.78, 5) is 31.5. The van der Waals surface area contributed by atoms with Crippen LogP contribution >= 0.6 is 11.6 Å². The van der Waals surface area contributed by atoms with E-state index in [1.165, 1.54) is 6.07 Å². The number of halogens is 1. The van der Waals surface area contributed by atoms with Gasteiger partial charge in [-0.05, 0) is 75.8 Å². The zero-order valence-corrected chi connectivity index (χ0v) is 24.0. The van der Waals surface area contributed by atoms with Crippen molar-refractivity contribution in [3.05, 3.63) is 47.5 Å². The number of rotatable bonds is 5. The van der Waals surface area contributed by atoms with Crippen molar-refractivity contribution in [3.63, 3.8) is 0 Å². The first kappa shape index (κ1) is 28.2. The zero-order valence-electron chi connectivity index (χ0n) is 22.4. The highest BCUT2D eigenvalue weighted by atomic mass is 35.5. The van der Waals surface area contributed by atoms with Gasteiger partial charge >= 0.3 is 12.1 Å². The topological polar surface area (TPSA) is 87.2 Å². The maximum atomic E-state index is 13.5. The highest BCUT2D eigenvalue weighted by Crippen LogP contribution is 2.33. The molecule has 2 aromatic carbocycles. The minimum absolute atomic E-state index is 0.0264. The Morgan fingerprint density at radius 3 is 2.39 bits per heavy atom. The fourth-order valence-corrected chi connectivity index (χ4v) is 5.93. The molecule has 8 nitrogen and oxygen atoms in total. The van der Waals surface area contributed by atoms with E-state index in [0.29, 0.717) is 49.2 Å². The minimum Gasteiger partial charge on any atom is -0.444 e. The van der Waals surface area contributed by atoms with E-state index in [1.807, 2.05) is 49.9 Å². The molecule has 0 radical (unpaired) electrons. The van der Waals surface area contributed by atoms with E-state index in [9.17, 15) is 18.0 Å². The van der Waals surface area contributed by atoms with Gasteiger partial charge < -0.3 is 14.5 Å². The molecule has 2 aliphatic heterocycles. The molecular formula is C28H36ClN3O5S. The van der Waals surface area contributed by atoms with Crippen molar-refractivity contribution in [2.45, 2.75) is 50.5 Å². The van der Waals surface area contributed by atoms with Crippen LogP contribution in [0.5, 0.6) is 0 Å². The van der Waals surface area contributed by atoms with Gasteiger partial charge in [-0.15, -0.1) is 0 Å². The summed E-state index contributed by atoms with van der Waals surface area (Å²) < 4.78 is 29.2. The van der Waals surface area contributed by atoms with Gasteiger partial charge in [0.1, 0.15) is 5.60 Å². The van der Waals surface area contributed by atoms with Crippen LogP contribution in [0.15, 0.2) is 47.4 Å². The smallest absolute Gasteiger partial charge is 0.410 e. The third-order valence-electron chi connectivity index (χ3n) is 6.89. The van der Waals surface area contributed by atoms with Crippen LogP contribution in [0.25, 0.3) is 11.1 Å². The second kappa shape index (κ2) is 11.1. The molecule has 2 fully saturated rings. The van der Waals surface area contributed by atoms with E-state index >= 15 is 0 Å². The normalized spacial score (nSPS) is 17.6. The summed E-state index contributed by atoms with van der Waals surface area (Å²) in [7, 11) is -3.36. The third-order valence-corrected chi connectivity index (χ3v) is 8.32. The van der Waals surface area contributed by atoms with E-state index in [0.717, 1.165) is 36.8 Å². The number of likely N-dealkylation sites (tertiary alicyclic amines) is 1. The molecule has 38 heavy (non-hydrogen) atoms. The second-order valence-electron chi connectivity index (χ2n) is 11.1. The monoisotopic (exact) mass is 561 g/mol. The summed E-state index contributed by atoms with van der Waals surface area (Å²) in [6.45, 7) is 8.85. The molecule has 0 aliphatic carbocycles. The van der Waals surface area contributed by atoms with Crippen LogP contribution in [-0.4, -0.2) is 74.9 Å². The Labute approximate surface area is 230 Å². The van der Waals surface area contributed by atoms with Crippen molar-refractivity contribution in [1.29, 1.82) is 0 Å². The van der Waals surface area contributed by atoms with Crippen LogP contribution < -0.4 is 4.90 Å². The fourth-order valence-electron chi connectivity index (χ4n) is 4.93. The Balaban J connectivity index is 1.41. The molecule has 3 amide bonds. The summed E-state index contributed by atoms with van der Waals surface area (Å²) in [6, 6.07) is 12.3. The first-order chi connectivity index (χ1) is 17.8. The lowest BCUT2D eigenvalue weighted by Gasteiger charge is -2.39. The number of amides is 3. The summed E-state index contributed by atoms with van der Waals surface area (Å²) in [6.07, 6.45) is 3.40. The lowest BCUT2D eigenvalue weighted by Crippen LogP contribution is -2.52. The average molecular weight is 562 g/mol. The molecule has 2 aromatic rings. The highest BCUT2D eigenvalue weighted by molar-refractivity contribution is 7.90. The van der Waals surface area contributed by atoms with Crippen molar-refractivity contribution in [2.24, 2.45) is 5.92 Å². The number of benzene rings is 2. The minimum atomic E-state index is -3.36. The Morgan fingerprint density at radius 1 is 1.05 bits per heavy atom. The first-order valence-electron chi connectivity index (χ1n) is 13.0. The molecule has 0 atom stereocenters. The number of hydrogen-bond donors (Lipinski definition) is 0. The molecule has 0 spiro atoms. The van der Waals surface area contributed by atoms with Gasteiger partial charge in [-0.3, -0.25) is 4.90 Å². The molecule has 0 bridgehead atoms. The molecule has 2 aliphatic rings. The Bertz CT molecular complexity index is 1300. The van der Waals surface area contributed by atoms with Crippen LogP contribution in [0.1, 0.15) is 40.0 Å². The van der Waals surface area contributed by atoms with Gasteiger partial charge in [0.2, 0.25) is 0 Å². The van der Waals surface area contributed by atoms with Crippen molar-refractivity contribution >= 4 is 39.2 Å². The molecule has 2 saturated heterocycles. The van der Waals surface area contributed by atoms with Crippen molar-refractivity contribution < 1.29 is 22.7 Å². The standard InChI is InChI=1S/C28H36ClN3O5S/c1-28(2,3)37-27(34)30-15-11-20(12-16-30)19-31-13-6-14-32(26(31)33)22-8-5-7-21(17-22)24-10-9-23(18-25(24)29)38(4,35)36/h5,7-10,17-18,20H,6,11-16,19H2,1-4H3. The summed E-state index contributed by atoms with van der Waals surface area (Å²) in [5.41, 5.74) is 1.78. The van der Waals surface area contributed by atoms with Gasteiger partial charge in [0.05, 0.1) is 4.90 Å². The number of hydrogen-bond acceptors (Lipinski definition) is 5. The van der Waals surface area contributed by atoms with Gasteiger partial charge in [0.25, 0.3) is 0 Å². The number of sulfone groups is 1. The number of anilines is 1. The third kappa shape index (κ3) is 6.80. The van der Waals surface area contributed by atoms with E-state index in [4.69, 9.17) is 16.3 Å². The molecule has 0 N–H and O–H groups in total. The van der Waals surface area contributed by atoms with Crippen molar-refractivity contribution in [3.8, 4) is 11.1 Å². The SMILES string of the molecule is CC(C)(C)OC(=O)N1CCC(CN2CCCN(c3cccc(-c4ccc(S(C)(=O)=O)cc4Cl)c3)C2=O)CC1. The number of urea groups is 1. The molecule has 0 saturated carbocycles. The predicted molar refractivity (Wildman–Crippen MR) is 149 cm³/mol. The van der Waals surface area contributed by atoms with Crippen LogP contribution in [0.2, 0.25) is 5.02 Å². The molecule has 206 valence electrons. The Kier molecular flexibility index (Phi) is 8.28.